The van der Waals surface area contributed by atoms with Gasteiger partial charge in [0, 0.05) is 0 Å². The number of ether oxygens (including phenoxy) is 2. The molecule has 0 saturated heterocycles. The van der Waals surface area contributed by atoms with Crippen LogP contribution in [0.15, 0.2) is 54.1 Å². The molecule has 0 atom stereocenters. The molecule has 1 N–H and O–H groups in total. The van der Waals surface area contributed by atoms with E-state index >= 15 is 0 Å². The van der Waals surface area contributed by atoms with Crippen LogP contribution in [0.25, 0.3) is 6.08 Å². The molecule has 0 spiro atoms. The maximum atomic E-state index is 10.9. The molecule has 2 rings (SSSR count). The van der Waals surface area contributed by atoms with Gasteiger partial charge in [-0.2, -0.15) is 5.26 Å². The fourth-order valence-corrected chi connectivity index (χ4v) is 2.53. The Morgan fingerprint density at radius 1 is 1.11 bits per heavy atom. The second-order valence-electron chi connectivity index (χ2n) is 7.01. The quantitative estimate of drug-likeness (QED) is 0.384. The predicted octanol–water partition coefficient (Wildman–Crippen LogP) is 4.82. The molecule has 0 aliphatic rings. The Morgan fingerprint density at radius 2 is 1.75 bits per heavy atom. The van der Waals surface area contributed by atoms with Crippen LogP contribution in [-0.4, -0.2) is 24.3 Å². The molecule has 5 heteroatoms. The third-order valence-corrected chi connectivity index (χ3v) is 4.66. The molecule has 0 aliphatic heterocycles. The van der Waals surface area contributed by atoms with Crippen molar-refractivity contribution in [1.82, 2.24) is 0 Å². The van der Waals surface area contributed by atoms with E-state index in [1.54, 1.807) is 30.3 Å². The van der Waals surface area contributed by atoms with Crippen molar-refractivity contribution in [3.63, 3.8) is 0 Å². The van der Waals surface area contributed by atoms with E-state index in [-0.39, 0.29) is 11.0 Å². The standard InChI is InChI=1S/C23H25NO4/c1-4-23(2,3)19-8-10-20(11-9-19)27-12-13-28-21-7-5-6-17(15-21)14-18(16-24)22(25)26/h5-11,14-15H,4,12-13H2,1-3H3,(H,25,26). The van der Waals surface area contributed by atoms with Crippen LogP contribution in [0.2, 0.25) is 0 Å². The molecule has 0 aliphatic carbocycles. The normalized spacial score (nSPS) is 11.6. The highest BCUT2D eigenvalue weighted by Gasteiger charge is 2.17. The minimum atomic E-state index is -1.25. The van der Waals surface area contributed by atoms with Crippen molar-refractivity contribution in [2.75, 3.05) is 13.2 Å². The van der Waals surface area contributed by atoms with Crippen LogP contribution in [0.4, 0.5) is 0 Å². The average molecular weight is 379 g/mol. The van der Waals surface area contributed by atoms with E-state index in [1.165, 1.54) is 11.6 Å². The monoisotopic (exact) mass is 379 g/mol. The summed E-state index contributed by atoms with van der Waals surface area (Å²) < 4.78 is 11.4. The lowest BCUT2D eigenvalue weighted by Gasteiger charge is -2.23. The number of hydrogen-bond donors (Lipinski definition) is 1. The van der Waals surface area contributed by atoms with Crippen molar-refractivity contribution in [3.05, 3.63) is 65.2 Å². The van der Waals surface area contributed by atoms with Gasteiger partial charge in [0.25, 0.3) is 0 Å². The molecule has 0 bridgehead atoms. The molecule has 0 saturated carbocycles. The van der Waals surface area contributed by atoms with Crippen molar-refractivity contribution < 1.29 is 19.4 Å². The summed E-state index contributed by atoms with van der Waals surface area (Å²) in [5.74, 6) is 0.117. The largest absolute Gasteiger partial charge is 0.490 e. The van der Waals surface area contributed by atoms with Gasteiger partial charge in [0.2, 0.25) is 0 Å². The predicted molar refractivity (Wildman–Crippen MR) is 108 cm³/mol. The number of hydrogen-bond acceptors (Lipinski definition) is 4. The number of carboxylic acids is 1. The van der Waals surface area contributed by atoms with Crippen LogP contribution >= 0.6 is 0 Å². The van der Waals surface area contributed by atoms with Gasteiger partial charge < -0.3 is 14.6 Å². The molecular weight excluding hydrogens is 354 g/mol. The maximum Gasteiger partial charge on any atom is 0.346 e. The highest BCUT2D eigenvalue weighted by molar-refractivity contribution is 5.96. The first-order valence-electron chi connectivity index (χ1n) is 9.17. The number of carbonyl (C=O) groups is 1. The second kappa shape index (κ2) is 9.61. The van der Waals surface area contributed by atoms with Gasteiger partial charge in [0.15, 0.2) is 0 Å². The second-order valence-corrected chi connectivity index (χ2v) is 7.01. The van der Waals surface area contributed by atoms with Gasteiger partial charge in [0.1, 0.15) is 36.4 Å². The molecule has 5 nitrogen and oxygen atoms in total. The third-order valence-electron chi connectivity index (χ3n) is 4.66. The van der Waals surface area contributed by atoms with Crippen molar-refractivity contribution in [2.45, 2.75) is 32.6 Å². The zero-order chi connectivity index (χ0) is 20.6. The summed E-state index contributed by atoms with van der Waals surface area (Å²) in [4.78, 5) is 10.9. The van der Waals surface area contributed by atoms with Crippen molar-refractivity contribution >= 4 is 12.0 Å². The highest BCUT2D eigenvalue weighted by atomic mass is 16.5. The third kappa shape index (κ3) is 5.88. The Kier molecular flexibility index (Phi) is 7.22. The molecule has 146 valence electrons. The number of benzene rings is 2. The summed E-state index contributed by atoms with van der Waals surface area (Å²) in [5.41, 5.74) is 1.69. The van der Waals surface area contributed by atoms with E-state index in [4.69, 9.17) is 19.8 Å². The van der Waals surface area contributed by atoms with Crippen LogP contribution in [0.1, 0.15) is 38.3 Å². The Hall–Kier alpha value is -3.26. The molecule has 0 amide bonds. The number of nitriles is 1. The summed E-state index contributed by atoms with van der Waals surface area (Å²) in [6.07, 6.45) is 2.38. The number of nitrogens with zero attached hydrogens (tertiary/aromatic N) is 1. The van der Waals surface area contributed by atoms with Gasteiger partial charge in [-0.1, -0.05) is 45.0 Å². The number of rotatable bonds is 9. The zero-order valence-electron chi connectivity index (χ0n) is 16.4. The first kappa shape index (κ1) is 21.0. The fraction of sp³-hybridized carbons (Fsp3) is 0.304. The highest BCUT2D eigenvalue weighted by Crippen LogP contribution is 2.28. The van der Waals surface area contributed by atoms with Gasteiger partial charge in [-0.05, 0) is 53.3 Å². The van der Waals surface area contributed by atoms with Gasteiger partial charge >= 0.3 is 5.97 Å². The molecule has 0 unspecified atom stereocenters. The average Bonchev–Trinajstić information content (AvgIpc) is 2.70. The smallest absolute Gasteiger partial charge is 0.346 e. The van der Waals surface area contributed by atoms with E-state index in [0.717, 1.165) is 12.2 Å². The molecule has 2 aromatic rings. The molecule has 0 heterocycles. The lowest BCUT2D eigenvalue weighted by molar-refractivity contribution is -0.132. The fourth-order valence-electron chi connectivity index (χ4n) is 2.53. The van der Waals surface area contributed by atoms with Crippen LogP contribution < -0.4 is 9.47 Å². The van der Waals surface area contributed by atoms with Crippen molar-refractivity contribution in [2.24, 2.45) is 0 Å². The first-order chi connectivity index (χ1) is 13.4. The van der Waals surface area contributed by atoms with Crippen LogP contribution in [0, 0.1) is 11.3 Å². The topological polar surface area (TPSA) is 79.5 Å². The summed E-state index contributed by atoms with van der Waals surface area (Å²) in [7, 11) is 0. The van der Waals surface area contributed by atoms with E-state index in [0.29, 0.717) is 24.5 Å². The lowest BCUT2D eigenvalue weighted by Crippen LogP contribution is -2.15. The molecular formula is C23H25NO4. The Balaban J connectivity index is 1.88. The number of carboxylic acid groups (broad SMARTS) is 1. The summed E-state index contributed by atoms with van der Waals surface area (Å²) in [6, 6.07) is 16.7. The van der Waals surface area contributed by atoms with Gasteiger partial charge in [-0.3, -0.25) is 0 Å². The Labute approximate surface area is 165 Å². The van der Waals surface area contributed by atoms with Gasteiger partial charge in [-0.15, -0.1) is 0 Å². The molecule has 28 heavy (non-hydrogen) atoms. The molecule has 2 aromatic carbocycles. The summed E-state index contributed by atoms with van der Waals surface area (Å²) in [6.45, 7) is 7.34. The van der Waals surface area contributed by atoms with E-state index in [1.807, 2.05) is 12.1 Å². The minimum Gasteiger partial charge on any atom is -0.490 e. The van der Waals surface area contributed by atoms with E-state index in [2.05, 4.69) is 32.9 Å². The molecule has 0 fully saturated rings. The first-order valence-corrected chi connectivity index (χ1v) is 9.17. The minimum absolute atomic E-state index is 0.146. The van der Waals surface area contributed by atoms with Crippen LogP contribution in [0.5, 0.6) is 11.5 Å². The van der Waals surface area contributed by atoms with E-state index in [9.17, 15) is 4.79 Å². The molecule has 0 radical (unpaired) electrons. The van der Waals surface area contributed by atoms with E-state index < -0.39 is 5.97 Å². The molecule has 0 aromatic heterocycles. The number of aliphatic carboxylic acids is 1. The Morgan fingerprint density at radius 3 is 2.32 bits per heavy atom. The van der Waals surface area contributed by atoms with Crippen molar-refractivity contribution in [1.29, 1.82) is 5.26 Å². The maximum absolute atomic E-state index is 10.9. The van der Waals surface area contributed by atoms with Crippen LogP contribution in [-0.2, 0) is 10.2 Å². The summed E-state index contributed by atoms with van der Waals surface area (Å²) >= 11 is 0. The zero-order valence-corrected chi connectivity index (χ0v) is 16.4. The van der Waals surface area contributed by atoms with Gasteiger partial charge in [0.05, 0.1) is 0 Å². The van der Waals surface area contributed by atoms with Crippen molar-refractivity contribution in [3.8, 4) is 17.6 Å². The van der Waals surface area contributed by atoms with Crippen LogP contribution in [0.3, 0.4) is 0 Å². The Bertz CT molecular complexity index is 876. The summed E-state index contributed by atoms with van der Waals surface area (Å²) in [5, 5.41) is 17.8. The lowest BCUT2D eigenvalue weighted by atomic mass is 9.82. The van der Waals surface area contributed by atoms with Gasteiger partial charge in [-0.25, -0.2) is 4.79 Å². The SMILES string of the molecule is CCC(C)(C)c1ccc(OCCOc2cccc(C=C(C#N)C(=O)O)c2)cc1.